The van der Waals surface area contributed by atoms with Gasteiger partial charge in [-0.1, -0.05) is 26.2 Å². The van der Waals surface area contributed by atoms with Gasteiger partial charge in [-0.15, -0.1) is 0 Å². The van der Waals surface area contributed by atoms with Crippen molar-refractivity contribution in [2.45, 2.75) is 57.9 Å². The Balaban J connectivity index is 2.22. The lowest BCUT2D eigenvalue weighted by Gasteiger charge is -2.29. The molecule has 0 spiro atoms. The van der Waals surface area contributed by atoms with Crippen molar-refractivity contribution in [3.63, 3.8) is 0 Å². The normalized spacial score (nSPS) is 26.3. The minimum absolute atomic E-state index is 0.183. The van der Waals surface area contributed by atoms with E-state index in [1.165, 1.54) is 25.7 Å². The highest BCUT2D eigenvalue weighted by Crippen LogP contribution is 2.26. The van der Waals surface area contributed by atoms with E-state index in [4.69, 9.17) is 5.73 Å². The first-order chi connectivity index (χ1) is 7.26. The van der Waals surface area contributed by atoms with Crippen LogP contribution in [-0.4, -0.2) is 18.5 Å². The third kappa shape index (κ3) is 4.65. The zero-order chi connectivity index (χ0) is 11.1. The summed E-state index contributed by atoms with van der Waals surface area (Å²) < 4.78 is 0. The lowest BCUT2D eigenvalue weighted by Crippen LogP contribution is -2.38. The predicted molar refractivity (Wildman–Crippen MR) is 62.5 cm³/mol. The van der Waals surface area contributed by atoms with Crippen LogP contribution >= 0.6 is 0 Å². The maximum absolute atomic E-state index is 11.5. The zero-order valence-electron chi connectivity index (χ0n) is 9.80. The smallest absolute Gasteiger partial charge is 0.220 e. The van der Waals surface area contributed by atoms with Crippen molar-refractivity contribution >= 4 is 5.91 Å². The second-order valence-electron chi connectivity index (χ2n) is 4.60. The topological polar surface area (TPSA) is 55.1 Å². The number of carbonyl (C=O) groups is 1. The van der Waals surface area contributed by atoms with Crippen LogP contribution in [0.1, 0.15) is 51.9 Å². The van der Waals surface area contributed by atoms with Gasteiger partial charge in [-0.3, -0.25) is 4.79 Å². The van der Waals surface area contributed by atoms with Gasteiger partial charge in [0, 0.05) is 12.5 Å². The third-order valence-electron chi connectivity index (χ3n) is 3.33. The van der Waals surface area contributed by atoms with Gasteiger partial charge in [0.15, 0.2) is 0 Å². The highest BCUT2D eigenvalue weighted by atomic mass is 16.1. The monoisotopic (exact) mass is 212 g/mol. The van der Waals surface area contributed by atoms with E-state index in [9.17, 15) is 4.79 Å². The van der Waals surface area contributed by atoms with Crippen molar-refractivity contribution in [1.29, 1.82) is 0 Å². The van der Waals surface area contributed by atoms with Gasteiger partial charge in [-0.25, -0.2) is 0 Å². The van der Waals surface area contributed by atoms with Crippen LogP contribution in [0.4, 0.5) is 0 Å². The maximum atomic E-state index is 11.5. The van der Waals surface area contributed by atoms with E-state index in [2.05, 4.69) is 12.2 Å². The average molecular weight is 212 g/mol. The quantitative estimate of drug-likeness (QED) is 0.730. The summed E-state index contributed by atoms with van der Waals surface area (Å²) in [5, 5.41) is 3.12. The number of carbonyl (C=O) groups excluding carboxylic acids is 1. The fourth-order valence-corrected chi connectivity index (χ4v) is 2.36. The van der Waals surface area contributed by atoms with Crippen LogP contribution in [0.3, 0.4) is 0 Å². The fourth-order valence-electron chi connectivity index (χ4n) is 2.36. The lowest BCUT2D eigenvalue weighted by molar-refractivity contribution is -0.122. The van der Waals surface area contributed by atoms with Gasteiger partial charge in [0.05, 0.1) is 0 Å². The van der Waals surface area contributed by atoms with Crippen LogP contribution in [0.2, 0.25) is 0 Å². The predicted octanol–water partition coefficient (Wildman–Crippen LogP) is 1.81. The summed E-state index contributed by atoms with van der Waals surface area (Å²) in [5.41, 5.74) is 5.37. The van der Waals surface area contributed by atoms with Crippen molar-refractivity contribution < 1.29 is 4.79 Å². The molecule has 0 aliphatic heterocycles. The second kappa shape index (κ2) is 6.83. The molecule has 2 unspecified atom stereocenters. The Morgan fingerprint density at radius 1 is 1.47 bits per heavy atom. The van der Waals surface area contributed by atoms with Crippen LogP contribution < -0.4 is 11.1 Å². The molecule has 1 aliphatic carbocycles. The Bertz CT molecular complexity index is 194. The molecular weight excluding hydrogens is 188 g/mol. The minimum Gasteiger partial charge on any atom is -0.353 e. The molecule has 0 saturated heterocycles. The fraction of sp³-hybridized carbons (Fsp3) is 0.917. The maximum Gasteiger partial charge on any atom is 0.220 e. The Kier molecular flexibility index (Phi) is 5.69. The summed E-state index contributed by atoms with van der Waals surface area (Å²) in [5.74, 6) is 1.00. The van der Waals surface area contributed by atoms with Gasteiger partial charge < -0.3 is 11.1 Å². The van der Waals surface area contributed by atoms with Crippen molar-refractivity contribution in [2.24, 2.45) is 11.7 Å². The molecule has 0 radical (unpaired) electrons. The van der Waals surface area contributed by atoms with Crippen LogP contribution in [-0.2, 0) is 4.79 Å². The molecule has 0 aromatic heterocycles. The van der Waals surface area contributed by atoms with Gasteiger partial charge in [0.1, 0.15) is 0 Å². The van der Waals surface area contributed by atoms with Crippen molar-refractivity contribution in [1.82, 2.24) is 5.32 Å². The van der Waals surface area contributed by atoms with E-state index in [0.29, 0.717) is 19.0 Å². The molecule has 2 atom stereocenters. The van der Waals surface area contributed by atoms with Crippen LogP contribution in [0, 0.1) is 5.92 Å². The summed E-state index contributed by atoms with van der Waals surface area (Å²) in [4.78, 5) is 11.5. The molecule has 3 nitrogen and oxygen atoms in total. The molecule has 3 N–H and O–H groups in total. The van der Waals surface area contributed by atoms with Crippen LogP contribution in [0.25, 0.3) is 0 Å². The number of nitrogens with two attached hydrogens (primary N) is 1. The van der Waals surface area contributed by atoms with E-state index in [1.54, 1.807) is 0 Å². The Morgan fingerprint density at radius 2 is 2.27 bits per heavy atom. The number of nitrogens with one attached hydrogen (secondary N) is 1. The molecule has 0 bridgehead atoms. The van der Waals surface area contributed by atoms with Crippen molar-refractivity contribution in [3.8, 4) is 0 Å². The first kappa shape index (κ1) is 12.5. The molecule has 1 amide bonds. The highest BCUT2D eigenvalue weighted by Gasteiger charge is 2.21. The second-order valence-corrected chi connectivity index (χ2v) is 4.60. The Hall–Kier alpha value is -0.570. The summed E-state index contributed by atoms with van der Waals surface area (Å²) in [6.45, 7) is 2.85. The van der Waals surface area contributed by atoms with Crippen LogP contribution in [0.5, 0.6) is 0 Å². The van der Waals surface area contributed by atoms with Gasteiger partial charge >= 0.3 is 0 Å². The number of hydrogen-bond donors (Lipinski definition) is 2. The number of amides is 1. The Labute approximate surface area is 92.8 Å². The summed E-state index contributed by atoms with van der Waals surface area (Å²) in [6, 6.07) is 0.425. The molecular formula is C12H24N2O. The largest absolute Gasteiger partial charge is 0.353 e. The first-order valence-electron chi connectivity index (χ1n) is 6.25. The van der Waals surface area contributed by atoms with Crippen molar-refractivity contribution in [2.75, 3.05) is 6.54 Å². The first-order valence-corrected chi connectivity index (χ1v) is 6.25. The number of rotatable bonds is 5. The van der Waals surface area contributed by atoms with Gasteiger partial charge in [-0.2, -0.15) is 0 Å². The molecule has 15 heavy (non-hydrogen) atoms. The van der Waals surface area contributed by atoms with Gasteiger partial charge in [-0.05, 0) is 31.7 Å². The van der Waals surface area contributed by atoms with E-state index in [0.717, 1.165) is 18.8 Å². The lowest BCUT2D eigenvalue weighted by atomic mass is 9.84. The zero-order valence-corrected chi connectivity index (χ0v) is 9.80. The molecule has 0 heterocycles. The van der Waals surface area contributed by atoms with Crippen molar-refractivity contribution in [3.05, 3.63) is 0 Å². The summed E-state index contributed by atoms with van der Waals surface area (Å²) in [6.07, 6.45) is 7.57. The van der Waals surface area contributed by atoms with Gasteiger partial charge in [0.25, 0.3) is 0 Å². The van der Waals surface area contributed by atoms with E-state index in [-0.39, 0.29) is 5.91 Å². The average Bonchev–Trinajstić information content (AvgIpc) is 2.26. The van der Waals surface area contributed by atoms with Crippen LogP contribution in [0.15, 0.2) is 0 Å². The molecule has 1 rings (SSSR count). The minimum atomic E-state index is 0.183. The third-order valence-corrected chi connectivity index (χ3v) is 3.33. The number of hydrogen-bond acceptors (Lipinski definition) is 2. The molecule has 0 aromatic carbocycles. The molecule has 1 fully saturated rings. The molecule has 88 valence electrons. The van der Waals surface area contributed by atoms with E-state index in [1.807, 2.05) is 0 Å². The molecule has 3 heteroatoms. The molecule has 1 saturated carbocycles. The molecule has 1 aliphatic rings. The molecule has 0 aromatic rings. The SMILES string of the molecule is CCC1CCCC(NC(=O)CCCN)C1. The summed E-state index contributed by atoms with van der Waals surface area (Å²) >= 11 is 0. The summed E-state index contributed by atoms with van der Waals surface area (Å²) in [7, 11) is 0. The van der Waals surface area contributed by atoms with E-state index >= 15 is 0 Å². The van der Waals surface area contributed by atoms with Gasteiger partial charge in [0.2, 0.25) is 5.91 Å². The Morgan fingerprint density at radius 3 is 2.93 bits per heavy atom. The highest BCUT2D eigenvalue weighted by molar-refractivity contribution is 5.76. The standard InChI is InChI=1S/C12H24N2O/c1-2-10-5-3-6-11(9-10)14-12(15)7-4-8-13/h10-11H,2-9,13H2,1H3,(H,14,15). The van der Waals surface area contributed by atoms with E-state index < -0.39 is 0 Å².